The average molecular weight is 1090 g/mol. The van der Waals surface area contributed by atoms with E-state index in [0.717, 1.165) is 60.3 Å². The molecule has 0 aliphatic carbocycles. The van der Waals surface area contributed by atoms with Gasteiger partial charge in [0.25, 0.3) is 17.7 Å². The molecule has 402 valence electrons. The minimum atomic E-state index is -3.51. The Labute approximate surface area is 441 Å². The summed E-state index contributed by atoms with van der Waals surface area (Å²) in [5.41, 5.74) is 3.37. The van der Waals surface area contributed by atoms with Gasteiger partial charge >= 0.3 is 0 Å². The van der Waals surface area contributed by atoms with E-state index in [1.54, 1.807) is 68.0 Å². The molecule has 18 nitrogen and oxygen atoms in total. The zero-order valence-corrected chi connectivity index (χ0v) is 48.0. The van der Waals surface area contributed by atoms with E-state index in [2.05, 4.69) is 30.4 Å². The zero-order valence-electron chi connectivity index (χ0n) is 44.7. The Kier molecular flexibility index (Phi) is 17.2. The van der Waals surface area contributed by atoms with Crippen molar-refractivity contribution in [3.63, 3.8) is 0 Å². The summed E-state index contributed by atoms with van der Waals surface area (Å²) in [6.45, 7) is 26.9. The van der Waals surface area contributed by atoms with Gasteiger partial charge in [-0.1, -0.05) is 102 Å². The lowest BCUT2D eigenvalue weighted by atomic mass is 9.96. The molecule has 6 heterocycles. The largest absolute Gasteiger partial charge is 0.334 e. The molecule has 6 aromatic rings. The number of sulfonamides is 3. The van der Waals surface area contributed by atoms with E-state index in [1.807, 2.05) is 94.4 Å². The molecule has 0 bridgehead atoms. The normalized spacial score (nSPS) is 16.9. The lowest BCUT2D eigenvalue weighted by Crippen LogP contribution is -2.38. The summed E-state index contributed by atoms with van der Waals surface area (Å²) in [5.74, 6) is 4.49. The molecule has 3 aromatic heterocycles. The molecule has 3 aliphatic rings. The number of hydrogen-bond acceptors (Lipinski definition) is 16. The molecular weight excluding hydrogens is 1020 g/mol. The molecule has 0 amide bonds. The molecule has 3 fully saturated rings. The van der Waals surface area contributed by atoms with Crippen LogP contribution in [0.25, 0.3) is 34.4 Å². The second kappa shape index (κ2) is 22.4. The number of rotatable bonds is 9. The van der Waals surface area contributed by atoms with E-state index in [4.69, 9.17) is 13.6 Å². The minimum absolute atomic E-state index is 0.225. The number of benzene rings is 3. The van der Waals surface area contributed by atoms with Gasteiger partial charge in [0.2, 0.25) is 30.1 Å². The topological polar surface area (TPSA) is 229 Å². The van der Waals surface area contributed by atoms with E-state index in [0.29, 0.717) is 106 Å². The lowest BCUT2D eigenvalue weighted by Gasteiger charge is -2.26. The summed E-state index contributed by atoms with van der Waals surface area (Å²) in [5, 5.41) is 12.1. The highest BCUT2D eigenvalue weighted by Crippen LogP contribution is 2.33. The Hall–Kier alpha value is -4.84. The maximum atomic E-state index is 13.0. The van der Waals surface area contributed by atoms with Crippen LogP contribution in [0.3, 0.4) is 0 Å². The van der Waals surface area contributed by atoms with Gasteiger partial charge in [-0.2, -0.15) is 39.6 Å². The highest BCUT2D eigenvalue weighted by molar-refractivity contribution is 7.99. The van der Waals surface area contributed by atoms with Crippen LogP contribution in [0, 0.1) is 20.8 Å². The second-order valence-electron chi connectivity index (χ2n) is 22.1. The molecule has 9 rings (SSSR count). The highest BCUT2D eigenvalue weighted by atomic mass is 32.2. The maximum Gasteiger partial charge on any atom is 0.257 e. The van der Waals surface area contributed by atoms with Crippen molar-refractivity contribution in [3.05, 3.63) is 88.8 Å². The number of aryl methyl sites for hydroxylation is 3. The van der Waals surface area contributed by atoms with E-state index in [1.165, 1.54) is 0 Å². The third kappa shape index (κ3) is 13.0. The first-order valence-electron chi connectivity index (χ1n) is 25.0. The summed E-state index contributed by atoms with van der Waals surface area (Å²) in [6, 6.07) is 15.8. The molecule has 0 saturated carbocycles. The van der Waals surface area contributed by atoms with Gasteiger partial charge < -0.3 is 13.6 Å². The van der Waals surface area contributed by atoms with E-state index in [9.17, 15) is 25.3 Å². The van der Waals surface area contributed by atoms with Crippen LogP contribution >= 0.6 is 11.8 Å². The Bertz CT molecular complexity index is 3110. The van der Waals surface area contributed by atoms with E-state index < -0.39 is 30.1 Å². The molecule has 3 aliphatic heterocycles. The average Bonchev–Trinajstić information content (AvgIpc) is 4.21. The minimum Gasteiger partial charge on any atom is -0.334 e. The monoisotopic (exact) mass is 1090 g/mol. The predicted molar refractivity (Wildman–Crippen MR) is 286 cm³/mol. The summed E-state index contributed by atoms with van der Waals surface area (Å²) in [6.07, 6.45) is 4.74. The Balaban J connectivity index is 0.000000162. The molecular formula is C52H71N9O9S4. The van der Waals surface area contributed by atoms with Gasteiger partial charge in [-0.3, -0.25) is 0 Å². The van der Waals surface area contributed by atoms with Crippen molar-refractivity contribution in [2.75, 3.05) is 50.8 Å². The number of hydrogen-bond donors (Lipinski definition) is 0. The molecule has 22 heteroatoms. The fourth-order valence-corrected chi connectivity index (χ4v) is 14.6. The Morgan fingerprint density at radius 1 is 0.419 bits per heavy atom. The molecule has 0 spiro atoms. The van der Waals surface area contributed by atoms with Gasteiger partial charge in [-0.15, -0.1) is 0 Å². The van der Waals surface area contributed by atoms with Crippen LogP contribution in [0.2, 0.25) is 0 Å². The third-order valence-electron chi connectivity index (χ3n) is 12.8. The first kappa shape index (κ1) is 56.9. The van der Waals surface area contributed by atoms with Crippen molar-refractivity contribution in [1.29, 1.82) is 0 Å². The van der Waals surface area contributed by atoms with Gasteiger partial charge in [0.05, 0.1) is 14.7 Å². The van der Waals surface area contributed by atoms with Gasteiger partial charge in [0.15, 0.2) is 17.5 Å². The number of nitrogens with zero attached hydrogens (tertiary/aromatic N) is 9. The molecule has 0 N–H and O–H groups in total. The lowest BCUT2D eigenvalue weighted by molar-refractivity contribution is 0.346. The summed E-state index contributed by atoms with van der Waals surface area (Å²) < 4.78 is 98.5. The number of thioether (sulfide) groups is 1. The summed E-state index contributed by atoms with van der Waals surface area (Å²) >= 11 is 1.78. The second-order valence-corrected chi connectivity index (χ2v) is 29.0. The summed E-state index contributed by atoms with van der Waals surface area (Å²) in [4.78, 5) is 14.2. The molecule has 3 saturated heterocycles. The van der Waals surface area contributed by atoms with Gasteiger partial charge in [0, 0.05) is 83.7 Å². The zero-order chi connectivity index (χ0) is 54.0. The van der Waals surface area contributed by atoms with Crippen LogP contribution in [0.1, 0.15) is 129 Å². The van der Waals surface area contributed by atoms with Crippen LogP contribution in [-0.2, 0) is 46.3 Å². The third-order valence-corrected chi connectivity index (χ3v) is 19.9. The van der Waals surface area contributed by atoms with Crippen LogP contribution in [0.4, 0.5) is 0 Å². The predicted octanol–water partition coefficient (Wildman–Crippen LogP) is 9.72. The smallest absolute Gasteiger partial charge is 0.257 e. The number of aromatic nitrogens is 6. The van der Waals surface area contributed by atoms with Crippen LogP contribution in [-0.4, -0.2) is 119 Å². The number of piperidine rings is 1. The van der Waals surface area contributed by atoms with Crippen LogP contribution in [0.15, 0.2) is 82.9 Å². The molecule has 0 radical (unpaired) electrons. The van der Waals surface area contributed by atoms with Crippen molar-refractivity contribution in [3.8, 4) is 34.4 Å². The quantitative estimate of drug-likeness (QED) is 0.131. The fraction of sp³-hybridized carbons (Fsp3) is 0.538. The fourth-order valence-electron chi connectivity index (χ4n) is 8.21. The van der Waals surface area contributed by atoms with Crippen molar-refractivity contribution in [2.45, 2.75) is 146 Å². The SMILES string of the molecule is Cc1ccc(-c2nc(C(C)(C)C)no2)cc1S(=O)(=O)N1CCCC1.Cc1ccc(-c2nc(C(C)(C)C)no2)cc1S(=O)(=O)N1CCCCC1.Cc1ccc(-c2nc(C(C)(C)C)no2)cc1S(=O)(=O)N1CCSCC1. The first-order valence-corrected chi connectivity index (χ1v) is 30.5. The van der Waals surface area contributed by atoms with Gasteiger partial charge in [-0.25, -0.2) is 25.3 Å². The Morgan fingerprint density at radius 3 is 0.959 bits per heavy atom. The van der Waals surface area contributed by atoms with Crippen molar-refractivity contribution in [2.24, 2.45) is 0 Å². The van der Waals surface area contributed by atoms with Crippen molar-refractivity contribution < 1.29 is 38.8 Å². The van der Waals surface area contributed by atoms with E-state index >= 15 is 0 Å². The van der Waals surface area contributed by atoms with Crippen molar-refractivity contribution in [1.82, 2.24) is 43.3 Å². The maximum absolute atomic E-state index is 13.0. The highest BCUT2D eigenvalue weighted by Gasteiger charge is 2.33. The van der Waals surface area contributed by atoms with Gasteiger partial charge in [-0.05, 0) is 99.5 Å². The molecule has 74 heavy (non-hydrogen) atoms. The Morgan fingerprint density at radius 2 is 0.689 bits per heavy atom. The van der Waals surface area contributed by atoms with Crippen LogP contribution < -0.4 is 0 Å². The van der Waals surface area contributed by atoms with E-state index in [-0.39, 0.29) is 16.2 Å². The van der Waals surface area contributed by atoms with Crippen molar-refractivity contribution >= 4 is 41.8 Å². The molecule has 0 unspecified atom stereocenters. The van der Waals surface area contributed by atoms with Gasteiger partial charge in [0.1, 0.15) is 0 Å². The molecule has 0 atom stereocenters. The van der Waals surface area contributed by atoms with Crippen LogP contribution in [0.5, 0.6) is 0 Å². The standard InChI is InChI=1S/C18H25N3O3S.C17H23N3O3S2.C17H23N3O3S/c1-13-8-9-14(16-19-17(20-24-16)18(2,3)4)12-15(13)25(22,23)21-10-6-5-7-11-21;1-12-5-6-13(15-18-16(19-23-15)17(2,3)4)11-14(12)25(21,22)20-7-9-24-10-8-20;1-12-7-8-13(15-18-16(19-23-15)17(2,3)4)11-14(12)24(21,22)20-9-5-6-10-20/h8-9,12H,5-7,10-11H2,1-4H3;5-6,11H,7-10H2,1-4H3;7-8,11H,5-6,9-10H2,1-4H3. The molecule has 3 aromatic carbocycles. The summed E-state index contributed by atoms with van der Waals surface area (Å²) in [7, 11) is -10.5. The first-order chi connectivity index (χ1) is 34.6.